The standard InChI is InChI=1S/C4H4/c1-3-4-2/h3H,1H3. The van der Waals surface area contributed by atoms with Gasteiger partial charge in [0.15, 0.2) is 0 Å². The third kappa shape index (κ3) is 1.52. The third-order valence-electron chi connectivity index (χ3n) is 0.144. The maximum absolute atomic E-state index is 6.15. The number of hydrogen-bond donors (Lipinski definition) is 0. The Kier molecular flexibility index (Phi) is 2.22. The molecule has 0 amide bonds. The molecule has 20 valence electrons. The molecule has 0 spiro atoms. The highest BCUT2D eigenvalue weighted by Gasteiger charge is 1.25. The second-order valence-corrected chi connectivity index (χ2v) is 0.433. The van der Waals surface area contributed by atoms with Crippen molar-refractivity contribution >= 4 is 0 Å². The molecule has 0 nitrogen and oxygen atoms in total. The van der Waals surface area contributed by atoms with E-state index in [9.17, 15) is 0 Å². The largest absolute Gasteiger partial charge is 0.115 e. The first-order valence-corrected chi connectivity index (χ1v) is 1.12. The van der Waals surface area contributed by atoms with E-state index in [0.29, 0.717) is 0 Å². The van der Waals surface area contributed by atoms with E-state index < -0.39 is 0 Å². The Labute approximate surface area is 26.5 Å². The predicted molar refractivity (Wildman–Crippen MR) is 17.0 cm³/mol. The van der Waals surface area contributed by atoms with Gasteiger partial charge in [-0.05, 0) is 13.0 Å². The Morgan fingerprint density at radius 2 is 2.25 bits per heavy atom. The molecule has 0 heterocycles. The first-order valence-electron chi connectivity index (χ1n) is 1.12. The molecule has 0 aliphatic carbocycles. The SMILES string of the molecule is [C]=C=CC. The smallest absolute Gasteiger partial charge is 0.0487 e. The van der Waals surface area contributed by atoms with Gasteiger partial charge in [0.1, 0.15) is 0 Å². The first kappa shape index (κ1) is 3.52. The fourth-order valence-corrected chi connectivity index (χ4v) is 0. The summed E-state index contributed by atoms with van der Waals surface area (Å²) in [5, 5.41) is 0. The Morgan fingerprint density at radius 1 is 2.00 bits per heavy atom. The van der Waals surface area contributed by atoms with Gasteiger partial charge in [0.25, 0.3) is 0 Å². The van der Waals surface area contributed by atoms with Gasteiger partial charge >= 0.3 is 0 Å². The molecule has 0 heteroatoms. The first-order chi connectivity index (χ1) is 1.91. The molecule has 0 fully saturated rings. The van der Waals surface area contributed by atoms with Crippen LogP contribution in [-0.2, 0) is 0 Å². The van der Waals surface area contributed by atoms with Crippen molar-refractivity contribution < 1.29 is 0 Å². The van der Waals surface area contributed by atoms with Crippen molar-refractivity contribution in [1.82, 2.24) is 0 Å². The van der Waals surface area contributed by atoms with E-state index in [1.54, 1.807) is 13.0 Å². The molecule has 0 rings (SSSR count). The quantitative estimate of drug-likeness (QED) is 0.361. The summed E-state index contributed by atoms with van der Waals surface area (Å²) in [5.74, 6) is 0. The van der Waals surface area contributed by atoms with E-state index in [4.69, 9.17) is 6.58 Å². The van der Waals surface area contributed by atoms with Gasteiger partial charge < -0.3 is 0 Å². The van der Waals surface area contributed by atoms with Gasteiger partial charge in [-0.1, -0.05) is 0 Å². The van der Waals surface area contributed by atoms with Gasteiger partial charge in [-0.2, -0.15) is 0 Å². The lowest BCUT2D eigenvalue weighted by molar-refractivity contribution is 1.78. The molecule has 0 unspecified atom stereocenters. The van der Waals surface area contributed by atoms with Gasteiger partial charge in [-0.15, -0.1) is 5.73 Å². The summed E-state index contributed by atoms with van der Waals surface area (Å²) in [6.45, 7) is 7.90. The van der Waals surface area contributed by atoms with Crippen LogP contribution in [0.25, 0.3) is 0 Å². The summed E-state index contributed by atoms with van der Waals surface area (Å²) in [6, 6.07) is 0. The highest BCUT2D eigenvalue weighted by molar-refractivity contribution is 4.64. The van der Waals surface area contributed by atoms with Crippen LogP contribution in [-0.4, -0.2) is 0 Å². The Bertz CT molecular complexity index is 38.0. The van der Waals surface area contributed by atoms with E-state index >= 15 is 0 Å². The van der Waals surface area contributed by atoms with Crippen LogP contribution < -0.4 is 0 Å². The monoisotopic (exact) mass is 52.0 g/mol. The number of hydrogen-bond acceptors (Lipinski definition) is 0. The van der Waals surface area contributed by atoms with Crippen LogP contribution in [0.1, 0.15) is 6.92 Å². The van der Waals surface area contributed by atoms with Crippen LogP contribution >= 0.6 is 0 Å². The molecular formula is C4H4. The highest BCUT2D eigenvalue weighted by Crippen LogP contribution is 1.45. The summed E-state index contributed by atoms with van der Waals surface area (Å²) >= 11 is 0. The third-order valence-corrected chi connectivity index (χ3v) is 0.144. The summed E-state index contributed by atoms with van der Waals surface area (Å²) < 4.78 is 0. The predicted octanol–water partition coefficient (Wildman–Crippen LogP) is 1.03. The Balaban J connectivity index is 3.11. The molecule has 0 aliphatic heterocycles. The summed E-state index contributed by atoms with van der Waals surface area (Å²) in [6.07, 6.45) is 1.54. The molecule has 0 aliphatic rings. The van der Waals surface area contributed by atoms with Gasteiger partial charge in [0, 0.05) is 6.58 Å². The molecule has 0 aromatic carbocycles. The normalized spacial score (nSPS) is 4.25. The minimum absolute atomic E-state index is 1.54. The lowest BCUT2D eigenvalue weighted by Crippen LogP contribution is -1.16. The molecule has 0 bridgehead atoms. The molecular weight excluding hydrogens is 48.0 g/mol. The highest BCUT2D eigenvalue weighted by atomic mass is 13.3. The van der Waals surface area contributed by atoms with Crippen LogP contribution in [0.2, 0.25) is 0 Å². The van der Waals surface area contributed by atoms with Crippen LogP contribution in [0.3, 0.4) is 0 Å². The van der Waals surface area contributed by atoms with Crippen molar-refractivity contribution in [2.45, 2.75) is 6.92 Å². The fraction of sp³-hybridized carbons (Fsp3) is 0.250. The maximum atomic E-state index is 6.15. The fourth-order valence-electron chi connectivity index (χ4n) is 0. The van der Waals surface area contributed by atoms with Gasteiger partial charge in [0.05, 0.1) is 0 Å². The van der Waals surface area contributed by atoms with Crippen molar-refractivity contribution in [3.63, 3.8) is 0 Å². The zero-order valence-corrected chi connectivity index (χ0v) is 2.58. The van der Waals surface area contributed by atoms with Gasteiger partial charge in [0.2, 0.25) is 0 Å². The molecule has 4 heavy (non-hydrogen) atoms. The Morgan fingerprint density at radius 3 is 2.25 bits per heavy atom. The lowest BCUT2D eigenvalue weighted by Gasteiger charge is -1.36. The molecule has 0 atom stereocenters. The number of rotatable bonds is 0. The lowest BCUT2D eigenvalue weighted by atomic mass is 10.7. The van der Waals surface area contributed by atoms with Crippen LogP contribution in [0.4, 0.5) is 0 Å². The average molecular weight is 52.1 g/mol. The average Bonchev–Trinajstić information content (AvgIpc) is 1.37. The maximum Gasteiger partial charge on any atom is 0.0487 e. The van der Waals surface area contributed by atoms with E-state index in [0.717, 1.165) is 0 Å². The van der Waals surface area contributed by atoms with E-state index in [1.165, 1.54) is 0 Å². The molecule has 0 aromatic rings. The molecule has 0 N–H and O–H groups in total. The summed E-state index contributed by atoms with van der Waals surface area (Å²) in [5.41, 5.74) is 2.06. The van der Waals surface area contributed by atoms with Crippen molar-refractivity contribution in [2.75, 3.05) is 0 Å². The van der Waals surface area contributed by atoms with Crippen molar-refractivity contribution in [1.29, 1.82) is 0 Å². The van der Waals surface area contributed by atoms with E-state index in [1.807, 2.05) is 0 Å². The number of allylic oxidation sites excluding steroid dienone is 1. The van der Waals surface area contributed by atoms with E-state index in [2.05, 4.69) is 5.73 Å². The molecule has 0 saturated heterocycles. The minimum atomic E-state index is 1.54. The van der Waals surface area contributed by atoms with Crippen LogP contribution in [0, 0.1) is 6.58 Å². The van der Waals surface area contributed by atoms with Crippen molar-refractivity contribution in [3.8, 4) is 0 Å². The second-order valence-electron chi connectivity index (χ2n) is 0.433. The summed E-state index contributed by atoms with van der Waals surface area (Å²) in [7, 11) is 0. The van der Waals surface area contributed by atoms with Crippen molar-refractivity contribution in [3.05, 3.63) is 18.4 Å². The zero-order valence-electron chi connectivity index (χ0n) is 2.58. The second kappa shape index (κ2) is 2.52. The molecule has 2 radical (unpaired) electrons. The van der Waals surface area contributed by atoms with Gasteiger partial charge in [-0.25, -0.2) is 0 Å². The Hall–Kier alpha value is -0.480. The van der Waals surface area contributed by atoms with E-state index in [-0.39, 0.29) is 0 Å². The van der Waals surface area contributed by atoms with Gasteiger partial charge in [-0.3, -0.25) is 0 Å². The van der Waals surface area contributed by atoms with Crippen LogP contribution in [0.15, 0.2) is 11.8 Å². The molecule has 0 saturated carbocycles. The topological polar surface area (TPSA) is 0 Å². The summed E-state index contributed by atoms with van der Waals surface area (Å²) in [4.78, 5) is 0. The zero-order chi connectivity index (χ0) is 3.41. The van der Waals surface area contributed by atoms with Crippen LogP contribution in [0.5, 0.6) is 0 Å². The van der Waals surface area contributed by atoms with Crippen molar-refractivity contribution in [2.24, 2.45) is 0 Å². The molecule has 0 aromatic heterocycles. The minimum Gasteiger partial charge on any atom is -0.115 e.